The van der Waals surface area contributed by atoms with Gasteiger partial charge in [-0.15, -0.1) is 13.2 Å². The molecule has 2 rings (SSSR count). The molecule has 0 aromatic heterocycles. The summed E-state index contributed by atoms with van der Waals surface area (Å²) >= 11 is 0. The Hall–Kier alpha value is -2.21. The Kier molecular flexibility index (Phi) is 6.53. The van der Waals surface area contributed by atoms with Crippen LogP contribution in [0.25, 0.3) is 0 Å². The van der Waals surface area contributed by atoms with Gasteiger partial charge in [0.25, 0.3) is 0 Å². The van der Waals surface area contributed by atoms with Crippen LogP contribution >= 0.6 is 0 Å². The fourth-order valence-electron chi connectivity index (χ4n) is 2.39. The number of benzene rings is 2. The third-order valence-corrected chi connectivity index (χ3v) is 3.40. The van der Waals surface area contributed by atoms with Crippen molar-refractivity contribution in [2.75, 3.05) is 6.54 Å². The number of hydrogen-bond acceptors (Lipinski definition) is 3. The standard InChI is InChI=1S/C20H24F3NO2/c1-19(2,3)25-17-9-7-16(8-10-17)14-24-12-11-15-5-4-6-18(13-15)26-20(21,22)23/h4-10,13,24H,11-12,14H2,1-3H3. The van der Waals surface area contributed by atoms with Gasteiger partial charge in [0.05, 0.1) is 0 Å². The Balaban J connectivity index is 1.77. The average molecular weight is 367 g/mol. The highest BCUT2D eigenvalue weighted by atomic mass is 19.4. The van der Waals surface area contributed by atoms with Crippen LogP contribution in [-0.2, 0) is 13.0 Å². The van der Waals surface area contributed by atoms with Crippen molar-refractivity contribution in [1.29, 1.82) is 0 Å². The summed E-state index contributed by atoms with van der Waals surface area (Å²) in [6, 6.07) is 13.9. The van der Waals surface area contributed by atoms with Crippen LogP contribution in [0.5, 0.6) is 11.5 Å². The zero-order valence-electron chi connectivity index (χ0n) is 15.2. The average Bonchev–Trinajstić information content (AvgIpc) is 2.50. The van der Waals surface area contributed by atoms with E-state index < -0.39 is 6.36 Å². The number of ether oxygens (including phenoxy) is 2. The van der Waals surface area contributed by atoms with Gasteiger partial charge in [0.2, 0.25) is 0 Å². The maximum absolute atomic E-state index is 12.2. The fraction of sp³-hybridized carbons (Fsp3) is 0.400. The molecule has 0 fully saturated rings. The number of nitrogens with one attached hydrogen (secondary N) is 1. The summed E-state index contributed by atoms with van der Waals surface area (Å²) in [6.07, 6.45) is -4.06. The van der Waals surface area contributed by atoms with E-state index in [-0.39, 0.29) is 11.4 Å². The molecule has 0 unspecified atom stereocenters. The minimum absolute atomic E-state index is 0.190. The van der Waals surface area contributed by atoms with Crippen molar-refractivity contribution < 1.29 is 22.6 Å². The summed E-state index contributed by atoms with van der Waals surface area (Å²) in [5.41, 5.74) is 1.66. The molecule has 0 heterocycles. The molecule has 0 saturated carbocycles. The Morgan fingerprint density at radius 1 is 0.846 bits per heavy atom. The van der Waals surface area contributed by atoms with Crippen LogP contribution in [0.1, 0.15) is 31.9 Å². The van der Waals surface area contributed by atoms with Crippen LogP contribution in [0, 0.1) is 0 Å². The molecule has 2 aromatic rings. The monoisotopic (exact) mass is 367 g/mol. The molecule has 0 aliphatic heterocycles. The van der Waals surface area contributed by atoms with Crippen LogP contribution < -0.4 is 14.8 Å². The van der Waals surface area contributed by atoms with E-state index in [1.165, 1.54) is 12.1 Å². The van der Waals surface area contributed by atoms with Gasteiger partial charge in [0.1, 0.15) is 17.1 Å². The number of alkyl halides is 3. The normalized spacial score (nSPS) is 12.1. The lowest BCUT2D eigenvalue weighted by molar-refractivity contribution is -0.274. The van der Waals surface area contributed by atoms with Gasteiger partial charge in [-0.1, -0.05) is 24.3 Å². The zero-order valence-corrected chi connectivity index (χ0v) is 15.2. The SMILES string of the molecule is CC(C)(C)Oc1ccc(CNCCc2cccc(OC(F)(F)F)c2)cc1. The molecule has 0 spiro atoms. The molecule has 26 heavy (non-hydrogen) atoms. The highest BCUT2D eigenvalue weighted by molar-refractivity contribution is 5.29. The number of halogens is 3. The van der Waals surface area contributed by atoms with Crippen LogP contribution in [0.3, 0.4) is 0 Å². The Bertz CT molecular complexity index is 691. The second-order valence-corrected chi connectivity index (χ2v) is 6.98. The molecule has 0 saturated heterocycles. The fourth-order valence-corrected chi connectivity index (χ4v) is 2.39. The first-order valence-corrected chi connectivity index (χ1v) is 8.44. The quantitative estimate of drug-likeness (QED) is 0.691. The van der Waals surface area contributed by atoms with Crippen molar-refractivity contribution in [3.8, 4) is 11.5 Å². The van der Waals surface area contributed by atoms with Crippen LogP contribution in [-0.4, -0.2) is 18.5 Å². The summed E-state index contributed by atoms with van der Waals surface area (Å²) in [7, 11) is 0. The van der Waals surface area contributed by atoms with E-state index in [9.17, 15) is 13.2 Å². The number of hydrogen-bond donors (Lipinski definition) is 1. The molecule has 3 nitrogen and oxygen atoms in total. The van der Waals surface area contributed by atoms with Crippen molar-refractivity contribution in [2.24, 2.45) is 0 Å². The third kappa shape index (κ3) is 7.78. The molecular weight excluding hydrogens is 343 g/mol. The van der Waals surface area contributed by atoms with Gasteiger partial charge in [-0.05, 0) is 69.1 Å². The first-order valence-electron chi connectivity index (χ1n) is 8.44. The van der Waals surface area contributed by atoms with Crippen molar-refractivity contribution in [3.63, 3.8) is 0 Å². The molecule has 0 bridgehead atoms. The Morgan fingerprint density at radius 2 is 1.54 bits per heavy atom. The highest BCUT2D eigenvalue weighted by Crippen LogP contribution is 2.23. The summed E-state index contributed by atoms with van der Waals surface area (Å²) < 4.78 is 46.4. The molecule has 1 N–H and O–H groups in total. The lowest BCUT2D eigenvalue weighted by Gasteiger charge is -2.21. The molecule has 0 atom stereocenters. The van der Waals surface area contributed by atoms with Gasteiger partial charge in [-0.3, -0.25) is 0 Å². The van der Waals surface area contributed by atoms with Gasteiger partial charge in [-0.25, -0.2) is 0 Å². The second kappa shape index (κ2) is 8.45. The Labute approximate surface area is 152 Å². The first kappa shape index (κ1) is 20.1. The van der Waals surface area contributed by atoms with E-state index in [0.29, 0.717) is 19.5 Å². The zero-order chi connectivity index (χ0) is 19.2. The van der Waals surface area contributed by atoms with E-state index in [0.717, 1.165) is 16.9 Å². The summed E-state index contributed by atoms with van der Waals surface area (Å²) in [4.78, 5) is 0. The predicted octanol–water partition coefficient (Wildman–Crippen LogP) is 5.09. The molecule has 0 amide bonds. The van der Waals surface area contributed by atoms with Crippen LogP contribution in [0.2, 0.25) is 0 Å². The molecule has 0 radical (unpaired) electrons. The molecule has 0 aliphatic carbocycles. The summed E-state index contributed by atoms with van der Waals surface area (Å²) in [5.74, 6) is 0.632. The molecule has 142 valence electrons. The summed E-state index contributed by atoms with van der Waals surface area (Å²) in [6.45, 7) is 7.32. The van der Waals surface area contributed by atoms with Crippen LogP contribution in [0.15, 0.2) is 48.5 Å². The van der Waals surface area contributed by atoms with Gasteiger partial charge < -0.3 is 14.8 Å². The topological polar surface area (TPSA) is 30.5 Å². The van der Waals surface area contributed by atoms with Crippen molar-refractivity contribution >= 4 is 0 Å². The second-order valence-electron chi connectivity index (χ2n) is 6.98. The maximum Gasteiger partial charge on any atom is 0.573 e. The van der Waals surface area contributed by atoms with Crippen molar-refractivity contribution in [2.45, 2.75) is 45.7 Å². The largest absolute Gasteiger partial charge is 0.573 e. The first-order chi connectivity index (χ1) is 12.1. The Morgan fingerprint density at radius 3 is 2.15 bits per heavy atom. The van der Waals surface area contributed by atoms with Gasteiger partial charge >= 0.3 is 6.36 Å². The minimum atomic E-state index is -4.67. The van der Waals surface area contributed by atoms with Gasteiger partial charge in [-0.2, -0.15) is 0 Å². The smallest absolute Gasteiger partial charge is 0.488 e. The van der Waals surface area contributed by atoms with Crippen molar-refractivity contribution in [3.05, 3.63) is 59.7 Å². The maximum atomic E-state index is 12.2. The lowest BCUT2D eigenvalue weighted by atomic mass is 10.1. The van der Waals surface area contributed by atoms with E-state index in [1.807, 2.05) is 45.0 Å². The molecule has 0 aliphatic rings. The van der Waals surface area contributed by atoms with Gasteiger partial charge in [0, 0.05) is 6.54 Å². The van der Waals surface area contributed by atoms with E-state index in [2.05, 4.69) is 10.1 Å². The molecule has 2 aromatic carbocycles. The van der Waals surface area contributed by atoms with Crippen LogP contribution in [0.4, 0.5) is 13.2 Å². The lowest BCUT2D eigenvalue weighted by Crippen LogP contribution is -2.23. The minimum Gasteiger partial charge on any atom is -0.488 e. The predicted molar refractivity (Wildman–Crippen MR) is 95.4 cm³/mol. The molecule has 6 heteroatoms. The van der Waals surface area contributed by atoms with E-state index in [4.69, 9.17) is 4.74 Å². The summed E-state index contributed by atoms with van der Waals surface area (Å²) in [5, 5.41) is 3.28. The highest BCUT2D eigenvalue weighted by Gasteiger charge is 2.31. The number of rotatable bonds is 7. The molecular formula is C20H24F3NO2. The van der Waals surface area contributed by atoms with E-state index >= 15 is 0 Å². The van der Waals surface area contributed by atoms with E-state index in [1.54, 1.807) is 12.1 Å². The van der Waals surface area contributed by atoms with Crippen molar-refractivity contribution in [1.82, 2.24) is 5.32 Å². The third-order valence-electron chi connectivity index (χ3n) is 3.40. The van der Waals surface area contributed by atoms with Gasteiger partial charge in [0.15, 0.2) is 0 Å².